The minimum Gasteiger partial charge on any atom is -0.489 e. The molecular weight excluding hydrogens is 372 g/mol. The first-order valence-electron chi connectivity index (χ1n) is 7.45. The topological polar surface area (TPSA) is 47.6 Å². The lowest BCUT2D eigenvalue weighted by Crippen LogP contribution is -2.38. The third-order valence-electron chi connectivity index (χ3n) is 3.40. The Morgan fingerprint density at radius 1 is 1.30 bits per heavy atom. The van der Waals surface area contributed by atoms with E-state index < -0.39 is 23.3 Å². The highest BCUT2D eigenvalue weighted by atomic mass is 79.9. The predicted molar refractivity (Wildman–Crippen MR) is 85.5 cm³/mol. The first-order chi connectivity index (χ1) is 10.7. The number of alkyl carbamates (subject to hydrolysis) is 1. The van der Waals surface area contributed by atoms with Crippen molar-refractivity contribution in [2.24, 2.45) is 0 Å². The van der Waals surface area contributed by atoms with E-state index in [2.05, 4.69) is 21.2 Å². The van der Waals surface area contributed by atoms with Crippen LogP contribution in [0.4, 0.5) is 13.6 Å². The Hall–Kier alpha value is -1.37. The summed E-state index contributed by atoms with van der Waals surface area (Å²) in [6.07, 6.45) is 1.41. The van der Waals surface area contributed by atoms with Crippen LogP contribution in [0.5, 0.6) is 5.75 Å². The van der Waals surface area contributed by atoms with Gasteiger partial charge in [0.25, 0.3) is 0 Å². The lowest BCUT2D eigenvalue weighted by molar-refractivity contribution is 0.0503. The van der Waals surface area contributed by atoms with Crippen molar-refractivity contribution in [1.82, 2.24) is 5.32 Å². The Morgan fingerprint density at radius 3 is 2.65 bits per heavy atom. The van der Waals surface area contributed by atoms with Gasteiger partial charge in [-0.25, -0.2) is 13.6 Å². The molecule has 0 aromatic heterocycles. The molecule has 1 saturated carbocycles. The van der Waals surface area contributed by atoms with E-state index in [0.29, 0.717) is 12.8 Å². The number of hydrogen-bond donors (Lipinski definition) is 1. The number of nitrogens with one attached hydrogen (secondary N) is 1. The van der Waals surface area contributed by atoms with E-state index in [9.17, 15) is 13.6 Å². The summed E-state index contributed by atoms with van der Waals surface area (Å²) in [6.45, 7) is 5.40. The Balaban J connectivity index is 1.89. The average Bonchev–Trinajstić information content (AvgIpc) is 2.84. The number of benzene rings is 1. The van der Waals surface area contributed by atoms with E-state index in [-0.39, 0.29) is 22.4 Å². The van der Waals surface area contributed by atoms with Crippen molar-refractivity contribution in [3.8, 4) is 5.75 Å². The molecule has 2 atom stereocenters. The van der Waals surface area contributed by atoms with E-state index in [4.69, 9.17) is 9.47 Å². The van der Waals surface area contributed by atoms with Crippen LogP contribution in [-0.4, -0.2) is 23.8 Å². The molecule has 1 fully saturated rings. The molecule has 0 spiro atoms. The molecular formula is C16H20BrF2NO3. The van der Waals surface area contributed by atoms with Crippen LogP contribution in [-0.2, 0) is 4.74 Å². The number of carbonyl (C=O) groups is 1. The van der Waals surface area contributed by atoms with Crippen molar-refractivity contribution >= 4 is 22.0 Å². The van der Waals surface area contributed by atoms with Crippen molar-refractivity contribution in [3.63, 3.8) is 0 Å². The molecule has 0 heterocycles. The molecule has 1 amide bonds. The maximum Gasteiger partial charge on any atom is 0.407 e. The highest BCUT2D eigenvalue weighted by molar-refractivity contribution is 9.10. The van der Waals surface area contributed by atoms with Gasteiger partial charge < -0.3 is 14.8 Å². The van der Waals surface area contributed by atoms with Crippen LogP contribution in [0.15, 0.2) is 16.6 Å². The summed E-state index contributed by atoms with van der Waals surface area (Å²) in [4.78, 5) is 11.7. The highest BCUT2D eigenvalue weighted by Crippen LogP contribution is 2.33. The van der Waals surface area contributed by atoms with Crippen molar-refractivity contribution < 1.29 is 23.0 Å². The maximum absolute atomic E-state index is 13.5. The minimum atomic E-state index is -0.969. The first-order valence-corrected chi connectivity index (χ1v) is 8.24. The number of rotatable bonds is 3. The molecule has 1 aromatic carbocycles. The monoisotopic (exact) mass is 391 g/mol. The van der Waals surface area contributed by atoms with Crippen LogP contribution in [0.25, 0.3) is 0 Å². The van der Waals surface area contributed by atoms with Gasteiger partial charge in [-0.3, -0.25) is 0 Å². The SMILES string of the molecule is CC(C)(C)OC(=O)N[C@H]1CC[C@@H](Oc2ccc(F)c(F)c2Br)C1. The molecule has 1 aliphatic carbocycles. The zero-order valence-corrected chi connectivity index (χ0v) is 14.9. The van der Waals surface area contributed by atoms with Gasteiger partial charge in [0.05, 0.1) is 4.47 Å². The van der Waals surface area contributed by atoms with Gasteiger partial charge in [0.1, 0.15) is 17.5 Å². The highest BCUT2D eigenvalue weighted by Gasteiger charge is 2.29. The molecule has 0 saturated heterocycles. The lowest BCUT2D eigenvalue weighted by atomic mass is 10.2. The Morgan fingerprint density at radius 2 is 2.00 bits per heavy atom. The predicted octanol–water partition coefficient (Wildman–Crippen LogP) is 4.55. The molecule has 0 radical (unpaired) electrons. The smallest absolute Gasteiger partial charge is 0.407 e. The van der Waals surface area contributed by atoms with Gasteiger partial charge in [-0.15, -0.1) is 0 Å². The van der Waals surface area contributed by atoms with Gasteiger partial charge in [-0.1, -0.05) is 0 Å². The minimum absolute atomic E-state index is 0.0268. The van der Waals surface area contributed by atoms with Crippen molar-refractivity contribution in [2.45, 2.75) is 57.8 Å². The molecule has 23 heavy (non-hydrogen) atoms. The molecule has 0 unspecified atom stereocenters. The second-order valence-electron chi connectivity index (χ2n) is 6.57. The van der Waals surface area contributed by atoms with Crippen LogP contribution in [0.1, 0.15) is 40.0 Å². The van der Waals surface area contributed by atoms with Crippen LogP contribution < -0.4 is 10.1 Å². The van der Waals surface area contributed by atoms with E-state index >= 15 is 0 Å². The molecule has 2 rings (SSSR count). The summed E-state index contributed by atoms with van der Waals surface area (Å²) in [6, 6.07) is 2.36. The lowest BCUT2D eigenvalue weighted by Gasteiger charge is -2.22. The van der Waals surface area contributed by atoms with Gasteiger partial charge in [0.15, 0.2) is 11.6 Å². The standard InChI is InChI=1S/C16H20BrF2NO3/c1-16(2,3)23-15(21)20-9-4-5-10(8-9)22-12-7-6-11(18)14(19)13(12)17/h6-7,9-10H,4-5,8H2,1-3H3,(H,20,21)/t9-,10+/m0/s1. The van der Waals surface area contributed by atoms with Crippen molar-refractivity contribution in [2.75, 3.05) is 0 Å². The van der Waals surface area contributed by atoms with E-state index in [1.807, 2.05) is 0 Å². The number of amides is 1. The third kappa shape index (κ3) is 5.06. The molecule has 0 bridgehead atoms. The van der Waals surface area contributed by atoms with E-state index in [1.165, 1.54) is 6.07 Å². The van der Waals surface area contributed by atoms with Gasteiger partial charge in [0, 0.05) is 12.5 Å². The fourth-order valence-electron chi connectivity index (χ4n) is 2.43. The van der Waals surface area contributed by atoms with E-state index in [0.717, 1.165) is 12.5 Å². The summed E-state index contributed by atoms with van der Waals surface area (Å²) in [7, 11) is 0. The number of hydrogen-bond acceptors (Lipinski definition) is 3. The summed E-state index contributed by atoms with van der Waals surface area (Å²) in [5.74, 6) is -1.64. The zero-order valence-electron chi connectivity index (χ0n) is 13.3. The quantitative estimate of drug-likeness (QED) is 0.768. The Labute approximate surface area is 142 Å². The summed E-state index contributed by atoms with van der Waals surface area (Å²) >= 11 is 3.00. The molecule has 1 aliphatic rings. The maximum atomic E-state index is 13.5. The number of carbonyl (C=O) groups excluding carboxylic acids is 1. The molecule has 0 aliphatic heterocycles. The third-order valence-corrected chi connectivity index (χ3v) is 4.14. The largest absolute Gasteiger partial charge is 0.489 e. The van der Waals surface area contributed by atoms with Crippen molar-refractivity contribution in [1.29, 1.82) is 0 Å². The molecule has 7 heteroatoms. The van der Waals surface area contributed by atoms with Crippen LogP contribution >= 0.6 is 15.9 Å². The zero-order chi connectivity index (χ0) is 17.2. The van der Waals surface area contributed by atoms with Gasteiger partial charge in [-0.2, -0.15) is 0 Å². The Bertz CT molecular complexity index is 589. The van der Waals surface area contributed by atoms with Gasteiger partial charge in [0.2, 0.25) is 0 Å². The fourth-order valence-corrected chi connectivity index (χ4v) is 2.85. The number of ether oxygens (including phenoxy) is 2. The second-order valence-corrected chi connectivity index (χ2v) is 7.36. The van der Waals surface area contributed by atoms with Gasteiger partial charge in [-0.05, 0) is 61.7 Å². The second kappa shape index (κ2) is 7.03. The Kier molecular flexibility index (Phi) is 5.49. The van der Waals surface area contributed by atoms with Crippen LogP contribution in [0.3, 0.4) is 0 Å². The summed E-state index contributed by atoms with van der Waals surface area (Å²) < 4.78 is 37.5. The van der Waals surface area contributed by atoms with Gasteiger partial charge >= 0.3 is 6.09 Å². The number of halogens is 3. The molecule has 128 valence electrons. The van der Waals surface area contributed by atoms with Crippen LogP contribution in [0, 0.1) is 11.6 Å². The fraction of sp³-hybridized carbons (Fsp3) is 0.562. The molecule has 4 nitrogen and oxygen atoms in total. The van der Waals surface area contributed by atoms with E-state index in [1.54, 1.807) is 20.8 Å². The van der Waals surface area contributed by atoms with Crippen molar-refractivity contribution in [3.05, 3.63) is 28.2 Å². The summed E-state index contributed by atoms with van der Waals surface area (Å²) in [5.41, 5.74) is -0.547. The first kappa shape index (κ1) is 18.0. The molecule has 1 N–H and O–H groups in total. The molecule has 1 aromatic rings. The normalized spacial score (nSPS) is 21.1. The average molecular weight is 392 g/mol. The summed E-state index contributed by atoms with van der Waals surface area (Å²) in [5, 5.41) is 2.80. The van der Waals surface area contributed by atoms with Crippen LogP contribution in [0.2, 0.25) is 0 Å².